The molecule has 0 bridgehead atoms. The maximum Gasteiger partial charge on any atom is 0.274 e. The molecule has 0 aliphatic carbocycles. The number of carbonyl (C=O) groups is 1. The van der Waals surface area contributed by atoms with Crippen LogP contribution in [-0.4, -0.2) is 31.7 Å². The minimum absolute atomic E-state index is 0.0323. The van der Waals surface area contributed by atoms with Crippen LogP contribution in [0.5, 0.6) is 0 Å². The molecule has 26 heavy (non-hydrogen) atoms. The van der Waals surface area contributed by atoms with E-state index in [0.717, 1.165) is 34.2 Å². The number of H-pyrrole nitrogens is 1. The topological polar surface area (TPSA) is 53.4 Å². The number of fused-ring (bicyclic) bond motifs is 4. The van der Waals surface area contributed by atoms with Gasteiger partial charge in [-0.1, -0.05) is 17.7 Å². The van der Waals surface area contributed by atoms with Gasteiger partial charge in [-0.15, -0.1) is 0 Å². The van der Waals surface area contributed by atoms with Crippen molar-refractivity contribution in [3.63, 3.8) is 0 Å². The molecule has 0 atom stereocenters. The molecule has 6 heteroatoms. The molecule has 1 aliphatic heterocycles. The smallest absolute Gasteiger partial charge is 0.274 e. The van der Waals surface area contributed by atoms with Crippen LogP contribution in [0, 0.1) is 6.92 Å². The molecule has 5 rings (SSSR count). The van der Waals surface area contributed by atoms with E-state index in [1.807, 2.05) is 58.8 Å². The Morgan fingerprint density at radius 2 is 2.15 bits per heavy atom. The van der Waals surface area contributed by atoms with E-state index in [0.29, 0.717) is 23.8 Å². The van der Waals surface area contributed by atoms with Crippen molar-refractivity contribution in [3.8, 4) is 0 Å². The van der Waals surface area contributed by atoms with E-state index in [4.69, 9.17) is 11.6 Å². The lowest BCUT2D eigenvalue weighted by Crippen LogP contribution is -2.36. The van der Waals surface area contributed by atoms with Gasteiger partial charge < -0.3 is 14.3 Å². The monoisotopic (exact) mass is 364 g/mol. The van der Waals surface area contributed by atoms with Crippen LogP contribution >= 0.6 is 11.6 Å². The molecular weight excluding hydrogens is 348 g/mol. The Morgan fingerprint density at radius 1 is 1.27 bits per heavy atom. The number of nitrogens with zero attached hydrogens (tertiary/aromatic N) is 3. The second-order valence-electron chi connectivity index (χ2n) is 6.77. The largest absolute Gasteiger partial charge is 0.358 e. The molecule has 0 unspecified atom stereocenters. The molecule has 0 saturated heterocycles. The van der Waals surface area contributed by atoms with Gasteiger partial charge in [-0.05, 0) is 37.3 Å². The molecule has 130 valence electrons. The van der Waals surface area contributed by atoms with Crippen LogP contribution in [0.1, 0.15) is 27.4 Å². The Labute approximate surface area is 155 Å². The summed E-state index contributed by atoms with van der Waals surface area (Å²) in [6, 6.07) is 11.7. The van der Waals surface area contributed by atoms with E-state index in [1.165, 1.54) is 5.69 Å². The minimum atomic E-state index is -0.0323. The molecule has 4 heterocycles. The number of rotatable bonds is 1. The number of carbonyl (C=O) groups excluding carboxylic acids is 1. The summed E-state index contributed by atoms with van der Waals surface area (Å²) in [5, 5.41) is 1.80. The number of aromatic nitrogens is 3. The lowest BCUT2D eigenvalue weighted by molar-refractivity contribution is 0.0730. The molecule has 0 fully saturated rings. The van der Waals surface area contributed by atoms with Crippen molar-refractivity contribution in [2.24, 2.45) is 0 Å². The summed E-state index contributed by atoms with van der Waals surface area (Å²) >= 11 is 6.17. The normalized spacial score (nSPS) is 14.2. The van der Waals surface area contributed by atoms with E-state index in [-0.39, 0.29) is 5.91 Å². The standard InChI is InChI=1S/C20H17ClN4O/c1-12-3-2-4-19-23-18(11-25(12)19)20(26)24-8-7-17-15(10-24)14-9-13(21)5-6-16(14)22-17/h2-6,9,11,22H,7-8,10H2,1H3. The number of imidazole rings is 1. The van der Waals surface area contributed by atoms with Gasteiger partial charge in [-0.25, -0.2) is 4.98 Å². The molecule has 0 radical (unpaired) electrons. The fourth-order valence-corrected chi connectivity index (χ4v) is 3.95. The number of hydrogen-bond donors (Lipinski definition) is 1. The highest BCUT2D eigenvalue weighted by Crippen LogP contribution is 2.30. The number of pyridine rings is 1. The first-order chi connectivity index (χ1) is 12.6. The van der Waals surface area contributed by atoms with Crippen LogP contribution in [0.25, 0.3) is 16.6 Å². The number of aromatic amines is 1. The van der Waals surface area contributed by atoms with Crippen molar-refractivity contribution in [1.29, 1.82) is 0 Å². The molecule has 1 N–H and O–H groups in total. The predicted octanol–water partition coefficient (Wildman–Crippen LogP) is 3.98. The second-order valence-corrected chi connectivity index (χ2v) is 7.21. The Kier molecular flexibility index (Phi) is 3.34. The molecule has 0 saturated carbocycles. The van der Waals surface area contributed by atoms with Crippen molar-refractivity contribution < 1.29 is 4.79 Å². The van der Waals surface area contributed by atoms with Crippen molar-refractivity contribution in [3.05, 3.63) is 70.3 Å². The Hall–Kier alpha value is -2.79. The minimum Gasteiger partial charge on any atom is -0.358 e. The van der Waals surface area contributed by atoms with E-state index >= 15 is 0 Å². The summed E-state index contributed by atoms with van der Waals surface area (Å²) in [6.07, 6.45) is 2.63. The molecule has 0 spiro atoms. The zero-order chi connectivity index (χ0) is 17.8. The number of aryl methyl sites for hydroxylation is 1. The van der Waals surface area contributed by atoms with Crippen LogP contribution in [0.2, 0.25) is 5.02 Å². The van der Waals surface area contributed by atoms with Crippen molar-refractivity contribution in [2.75, 3.05) is 6.54 Å². The maximum atomic E-state index is 13.0. The quantitative estimate of drug-likeness (QED) is 0.555. The third-order valence-electron chi connectivity index (χ3n) is 5.14. The summed E-state index contributed by atoms with van der Waals surface area (Å²) in [5.41, 5.74) is 5.75. The SMILES string of the molecule is Cc1cccc2nc(C(=O)N3CCc4[nH]c5ccc(Cl)cc5c4C3)cn12. The third kappa shape index (κ3) is 2.31. The summed E-state index contributed by atoms with van der Waals surface area (Å²) in [5.74, 6) is -0.0323. The number of nitrogens with one attached hydrogen (secondary N) is 1. The Balaban J connectivity index is 1.51. The average molecular weight is 365 g/mol. The summed E-state index contributed by atoms with van der Waals surface area (Å²) in [4.78, 5) is 22.9. The lowest BCUT2D eigenvalue weighted by atomic mass is 10.0. The second kappa shape index (κ2) is 5.61. The lowest BCUT2D eigenvalue weighted by Gasteiger charge is -2.26. The summed E-state index contributed by atoms with van der Waals surface area (Å²) in [6.45, 7) is 3.26. The van der Waals surface area contributed by atoms with Gasteiger partial charge in [0, 0.05) is 58.6 Å². The molecule has 5 nitrogen and oxygen atoms in total. The van der Waals surface area contributed by atoms with Crippen molar-refractivity contribution >= 4 is 34.1 Å². The Morgan fingerprint density at radius 3 is 3.00 bits per heavy atom. The van der Waals surface area contributed by atoms with Crippen LogP contribution in [0.3, 0.4) is 0 Å². The van der Waals surface area contributed by atoms with Crippen LogP contribution in [0.15, 0.2) is 42.6 Å². The zero-order valence-electron chi connectivity index (χ0n) is 14.3. The van der Waals surface area contributed by atoms with Gasteiger partial charge in [0.25, 0.3) is 5.91 Å². The zero-order valence-corrected chi connectivity index (χ0v) is 15.0. The number of benzene rings is 1. The molecule has 1 amide bonds. The molecule has 1 aromatic carbocycles. The number of hydrogen-bond acceptors (Lipinski definition) is 2. The van der Waals surface area contributed by atoms with Gasteiger partial charge in [0.1, 0.15) is 11.3 Å². The first-order valence-corrected chi connectivity index (χ1v) is 9.01. The van der Waals surface area contributed by atoms with Gasteiger partial charge in [0.05, 0.1) is 0 Å². The van der Waals surface area contributed by atoms with E-state index in [2.05, 4.69) is 9.97 Å². The maximum absolute atomic E-state index is 13.0. The predicted molar refractivity (Wildman–Crippen MR) is 102 cm³/mol. The third-order valence-corrected chi connectivity index (χ3v) is 5.37. The average Bonchev–Trinajstić information content (AvgIpc) is 3.23. The summed E-state index contributed by atoms with van der Waals surface area (Å²) < 4.78 is 1.95. The van der Waals surface area contributed by atoms with E-state index in [9.17, 15) is 4.79 Å². The van der Waals surface area contributed by atoms with Gasteiger partial charge in [-0.2, -0.15) is 0 Å². The number of amides is 1. The van der Waals surface area contributed by atoms with E-state index < -0.39 is 0 Å². The first kappa shape index (κ1) is 15.5. The summed E-state index contributed by atoms with van der Waals surface area (Å²) in [7, 11) is 0. The highest BCUT2D eigenvalue weighted by Gasteiger charge is 2.26. The van der Waals surface area contributed by atoms with Crippen LogP contribution in [0.4, 0.5) is 0 Å². The molecule has 3 aromatic heterocycles. The molecule has 1 aliphatic rings. The fraction of sp³-hybridized carbons (Fsp3) is 0.200. The van der Waals surface area contributed by atoms with E-state index in [1.54, 1.807) is 0 Å². The Bertz CT molecular complexity index is 1170. The highest BCUT2D eigenvalue weighted by molar-refractivity contribution is 6.31. The van der Waals surface area contributed by atoms with Gasteiger partial charge in [0.15, 0.2) is 0 Å². The van der Waals surface area contributed by atoms with Gasteiger partial charge in [0.2, 0.25) is 0 Å². The van der Waals surface area contributed by atoms with Crippen molar-refractivity contribution in [2.45, 2.75) is 19.9 Å². The van der Waals surface area contributed by atoms with Crippen LogP contribution < -0.4 is 0 Å². The highest BCUT2D eigenvalue weighted by atomic mass is 35.5. The first-order valence-electron chi connectivity index (χ1n) is 8.63. The fourth-order valence-electron chi connectivity index (χ4n) is 3.77. The van der Waals surface area contributed by atoms with Crippen LogP contribution in [-0.2, 0) is 13.0 Å². The molecular formula is C20H17ClN4O. The molecule has 4 aromatic rings. The number of halogens is 1. The van der Waals surface area contributed by atoms with Gasteiger partial charge >= 0.3 is 0 Å². The van der Waals surface area contributed by atoms with Gasteiger partial charge in [-0.3, -0.25) is 4.79 Å². The van der Waals surface area contributed by atoms with Crippen molar-refractivity contribution in [1.82, 2.24) is 19.3 Å².